The lowest BCUT2D eigenvalue weighted by molar-refractivity contribution is -0.110. The fourth-order valence-electron chi connectivity index (χ4n) is 2.34. The third-order valence-corrected chi connectivity index (χ3v) is 7.16. The molecule has 1 aliphatic carbocycles. The van der Waals surface area contributed by atoms with Crippen molar-refractivity contribution in [2.24, 2.45) is 5.16 Å². The van der Waals surface area contributed by atoms with Gasteiger partial charge in [0, 0.05) is 16.6 Å². The van der Waals surface area contributed by atoms with Crippen molar-refractivity contribution in [3.63, 3.8) is 0 Å². The number of nitrogens with one attached hydrogen (secondary N) is 1. The summed E-state index contributed by atoms with van der Waals surface area (Å²) in [5.41, 5.74) is 0.356. The maximum absolute atomic E-state index is 12.7. The molecule has 1 amide bonds. The van der Waals surface area contributed by atoms with Crippen molar-refractivity contribution >= 4 is 37.9 Å². The number of rotatable bonds is 8. The lowest BCUT2D eigenvalue weighted by atomic mass is 10.1. The number of anilines is 1. The first-order valence-corrected chi connectivity index (χ1v) is 11.1. The number of oxime groups is 1. The first-order valence-electron chi connectivity index (χ1n) is 8.74. The summed E-state index contributed by atoms with van der Waals surface area (Å²) in [5, 5.41) is 15.7. The lowest BCUT2D eigenvalue weighted by Gasteiger charge is -2.10. The Balaban J connectivity index is 1.86. The number of hydrogen-bond acceptors (Lipinski definition) is 8. The Kier molecular flexibility index (Phi) is 6.11. The first-order chi connectivity index (χ1) is 13.3. The maximum Gasteiger partial charge on any atom is 0.280 e. The van der Waals surface area contributed by atoms with Gasteiger partial charge in [-0.25, -0.2) is 13.4 Å². The highest BCUT2D eigenvalue weighted by atomic mass is 32.2. The summed E-state index contributed by atoms with van der Waals surface area (Å²) in [6, 6.07) is 5.98. The monoisotopic (exact) mass is 423 g/mol. The van der Waals surface area contributed by atoms with Crippen LogP contribution in [0.15, 0.2) is 40.5 Å². The minimum Gasteiger partial charge on any atom is -0.392 e. The van der Waals surface area contributed by atoms with E-state index < -0.39 is 21.8 Å². The molecule has 1 saturated carbocycles. The van der Waals surface area contributed by atoms with E-state index in [0.717, 1.165) is 4.88 Å². The molecule has 1 aromatic heterocycles. The van der Waals surface area contributed by atoms with Crippen molar-refractivity contribution < 1.29 is 23.2 Å². The third-order valence-electron chi connectivity index (χ3n) is 4.06. The van der Waals surface area contributed by atoms with Gasteiger partial charge in [0.2, 0.25) is 0 Å². The Morgan fingerprint density at radius 3 is 2.61 bits per heavy atom. The maximum atomic E-state index is 12.7. The van der Waals surface area contributed by atoms with Crippen LogP contribution < -0.4 is 5.32 Å². The van der Waals surface area contributed by atoms with Crippen molar-refractivity contribution in [2.45, 2.75) is 42.9 Å². The molecule has 28 heavy (non-hydrogen) atoms. The number of aromatic nitrogens is 1. The topological polar surface area (TPSA) is 118 Å². The molecule has 10 heteroatoms. The average molecular weight is 424 g/mol. The van der Waals surface area contributed by atoms with Crippen molar-refractivity contribution in [3.8, 4) is 0 Å². The molecule has 1 aromatic carbocycles. The normalized spacial score (nSPS) is 15.9. The van der Waals surface area contributed by atoms with Crippen molar-refractivity contribution in [1.82, 2.24) is 4.98 Å². The van der Waals surface area contributed by atoms with E-state index >= 15 is 0 Å². The molecular weight excluding hydrogens is 402 g/mol. The molecule has 150 valence electrons. The van der Waals surface area contributed by atoms with Crippen molar-refractivity contribution in [2.75, 3.05) is 11.9 Å². The van der Waals surface area contributed by atoms with Gasteiger partial charge in [-0.05, 0) is 38.8 Å². The Hall–Kier alpha value is -2.30. The zero-order valence-electron chi connectivity index (χ0n) is 15.5. The number of carbonyl (C=O) groups excluding carboxylic acids is 1. The van der Waals surface area contributed by atoms with Crippen molar-refractivity contribution in [3.05, 3.63) is 40.9 Å². The fraction of sp³-hybridized carbons (Fsp3) is 0.389. The van der Waals surface area contributed by atoms with Crippen LogP contribution in [0.25, 0.3) is 0 Å². The summed E-state index contributed by atoms with van der Waals surface area (Å²) in [6.45, 7) is 3.21. The molecular formula is C18H21N3O5S2. The number of sulfone groups is 1. The molecule has 1 heterocycles. The van der Waals surface area contributed by atoms with Gasteiger partial charge in [-0.15, -0.1) is 11.3 Å². The lowest BCUT2D eigenvalue weighted by Crippen LogP contribution is -2.25. The Morgan fingerprint density at radius 2 is 2.07 bits per heavy atom. The van der Waals surface area contributed by atoms with Crippen LogP contribution in [-0.2, 0) is 19.5 Å². The number of nitrogens with zero attached hydrogens (tertiary/aromatic N) is 2. The highest BCUT2D eigenvalue weighted by molar-refractivity contribution is 7.92. The van der Waals surface area contributed by atoms with Gasteiger partial charge in [-0.3, -0.25) is 10.1 Å². The van der Waals surface area contributed by atoms with Gasteiger partial charge >= 0.3 is 0 Å². The molecule has 0 saturated heterocycles. The second kappa shape index (κ2) is 8.38. The molecule has 1 aliphatic rings. The van der Waals surface area contributed by atoms with Crippen LogP contribution in [0.5, 0.6) is 0 Å². The number of amides is 1. The van der Waals surface area contributed by atoms with Gasteiger partial charge in [-0.2, -0.15) is 0 Å². The number of aryl methyl sites for hydroxylation is 1. The predicted octanol–water partition coefficient (Wildman–Crippen LogP) is 2.13. The van der Waals surface area contributed by atoms with Gasteiger partial charge in [-0.1, -0.05) is 17.3 Å². The molecule has 1 fully saturated rings. The summed E-state index contributed by atoms with van der Waals surface area (Å²) in [4.78, 5) is 23.1. The third kappa shape index (κ3) is 4.75. The first kappa shape index (κ1) is 20.4. The fourth-order valence-corrected chi connectivity index (χ4v) is 4.66. The SMILES string of the molecule is Cc1cnc(NC(=O)/C(=N/O[C@H](C)CO)c2ccc(S(=O)(=O)C3CC3)cc2)s1. The van der Waals surface area contributed by atoms with Gasteiger partial charge in [0.15, 0.2) is 20.7 Å². The van der Waals surface area contributed by atoms with Crippen LogP contribution in [0.4, 0.5) is 5.13 Å². The van der Waals surface area contributed by atoms with Crippen molar-refractivity contribution in [1.29, 1.82) is 0 Å². The van der Waals surface area contributed by atoms with E-state index in [0.29, 0.717) is 23.5 Å². The number of carbonyl (C=O) groups is 1. The number of hydrogen-bond donors (Lipinski definition) is 2. The molecule has 0 unspecified atom stereocenters. The van der Waals surface area contributed by atoms with E-state index in [9.17, 15) is 13.2 Å². The zero-order valence-corrected chi connectivity index (χ0v) is 17.1. The largest absolute Gasteiger partial charge is 0.392 e. The molecule has 2 N–H and O–H groups in total. The Labute approximate surface area is 167 Å². The van der Waals surface area contributed by atoms with Crippen LogP contribution >= 0.6 is 11.3 Å². The second-order valence-electron chi connectivity index (χ2n) is 6.54. The number of aliphatic hydroxyl groups excluding tert-OH is 1. The average Bonchev–Trinajstić information content (AvgIpc) is 3.46. The van der Waals surface area contributed by atoms with E-state index in [2.05, 4.69) is 15.5 Å². The Morgan fingerprint density at radius 1 is 1.39 bits per heavy atom. The zero-order chi connectivity index (χ0) is 20.3. The summed E-state index contributed by atoms with van der Waals surface area (Å²) >= 11 is 1.32. The summed E-state index contributed by atoms with van der Waals surface area (Å²) in [6.07, 6.45) is 2.40. The molecule has 8 nitrogen and oxygen atoms in total. The van der Waals surface area contributed by atoms with Crippen LogP contribution in [0, 0.1) is 6.92 Å². The quantitative estimate of drug-likeness (QED) is 0.496. The summed E-state index contributed by atoms with van der Waals surface area (Å²) in [5.74, 6) is -0.544. The Bertz CT molecular complexity index is 979. The van der Waals surface area contributed by atoms with E-state index in [-0.39, 0.29) is 22.5 Å². The predicted molar refractivity (Wildman–Crippen MR) is 106 cm³/mol. The molecule has 0 aliphatic heterocycles. The van der Waals surface area contributed by atoms with Gasteiger partial charge in [0.05, 0.1) is 16.8 Å². The minimum atomic E-state index is -3.32. The van der Waals surface area contributed by atoms with E-state index in [4.69, 9.17) is 9.94 Å². The van der Waals surface area contributed by atoms with Gasteiger partial charge in [0.1, 0.15) is 6.10 Å². The van der Waals surface area contributed by atoms with Crippen LogP contribution in [0.2, 0.25) is 0 Å². The molecule has 3 rings (SSSR count). The molecule has 0 spiro atoms. The number of thiazole rings is 1. The van der Waals surface area contributed by atoms with Gasteiger partial charge in [0.25, 0.3) is 5.91 Å². The van der Waals surface area contributed by atoms with Crippen LogP contribution in [0.3, 0.4) is 0 Å². The molecule has 1 atom stereocenters. The van der Waals surface area contributed by atoms with Crippen LogP contribution in [-0.4, -0.2) is 48.1 Å². The summed E-state index contributed by atoms with van der Waals surface area (Å²) < 4.78 is 24.7. The smallest absolute Gasteiger partial charge is 0.280 e. The van der Waals surface area contributed by atoms with E-state index in [1.807, 2.05) is 6.92 Å². The van der Waals surface area contributed by atoms with E-state index in [1.54, 1.807) is 13.1 Å². The summed E-state index contributed by atoms with van der Waals surface area (Å²) in [7, 11) is -3.32. The molecule has 0 radical (unpaired) electrons. The highest BCUT2D eigenvalue weighted by Gasteiger charge is 2.36. The minimum absolute atomic E-state index is 0.0384. The molecule has 2 aromatic rings. The standard InChI is InChI=1S/C18H21N3O5S2/c1-11(10-22)26-21-16(17(23)20-18-19-9-12(2)27-18)13-3-5-14(6-4-13)28(24,25)15-7-8-15/h3-6,9,11,15,22H,7-8,10H2,1-2H3,(H,19,20,23)/b21-16+/t11-/m1/s1. The van der Waals surface area contributed by atoms with Crippen LogP contribution in [0.1, 0.15) is 30.2 Å². The molecule has 0 bridgehead atoms. The second-order valence-corrected chi connectivity index (χ2v) is 10.0. The van der Waals surface area contributed by atoms with E-state index in [1.165, 1.54) is 35.6 Å². The highest BCUT2D eigenvalue weighted by Crippen LogP contribution is 2.33. The number of benzene rings is 1. The van der Waals surface area contributed by atoms with Gasteiger partial charge < -0.3 is 9.94 Å². The number of aliphatic hydroxyl groups is 1.